The lowest BCUT2D eigenvalue weighted by Crippen LogP contribution is -2.36. The fraction of sp³-hybridized carbons (Fsp3) is 0.600. The predicted octanol–water partition coefficient (Wildman–Crippen LogP) is 3.73. The highest BCUT2D eigenvalue weighted by Gasteiger charge is 2.36. The molecule has 0 N–H and O–H groups in total. The van der Waals surface area contributed by atoms with Crippen molar-refractivity contribution in [3.8, 4) is 0 Å². The van der Waals surface area contributed by atoms with Gasteiger partial charge < -0.3 is 4.43 Å². The summed E-state index contributed by atoms with van der Waals surface area (Å²) in [6.07, 6.45) is 2.05. The van der Waals surface area contributed by atoms with Crippen molar-refractivity contribution >= 4 is 10.5 Å². The van der Waals surface area contributed by atoms with E-state index in [4.69, 9.17) is 4.43 Å². The third kappa shape index (κ3) is 2.93. The minimum absolute atomic E-state index is 0.225. The molecule has 1 aromatic rings. The van der Waals surface area contributed by atoms with Crippen LogP contribution in [0.25, 0.3) is 0 Å². The van der Waals surface area contributed by atoms with Crippen LogP contribution in [0.5, 0.6) is 0 Å². The van der Waals surface area contributed by atoms with Gasteiger partial charge in [0.05, 0.1) is 5.60 Å². The van der Waals surface area contributed by atoms with Crippen molar-refractivity contribution in [2.24, 2.45) is 5.92 Å². The molecule has 7 heteroatoms. The van der Waals surface area contributed by atoms with E-state index in [2.05, 4.69) is 0 Å². The van der Waals surface area contributed by atoms with Crippen molar-refractivity contribution in [1.82, 2.24) is 0 Å². The molecule has 0 unspecified atom stereocenters. The summed E-state index contributed by atoms with van der Waals surface area (Å²) in [5.74, 6) is -9.64. The first-order chi connectivity index (χ1) is 10.2. The molecule has 2 rings (SSSR count). The Labute approximate surface area is 129 Å². The van der Waals surface area contributed by atoms with Gasteiger partial charge in [-0.25, -0.2) is 22.0 Å². The first kappa shape index (κ1) is 17.4. The Kier molecular flexibility index (Phi) is 4.96. The van der Waals surface area contributed by atoms with Gasteiger partial charge in [0.1, 0.15) is 10.5 Å². The Balaban J connectivity index is 2.26. The van der Waals surface area contributed by atoms with E-state index in [-0.39, 0.29) is 11.5 Å². The van der Waals surface area contributed by atoms with Crippen LogP contribution in [0.15, 0.2) is 0 Å². The maximum atomic E-state index is 13.8. The molecular weight excluding hydrogens is 319 g/mol. The zero-order chi connectivity index (χ0) is 16.7. The molecule has 1 fully saturated rings. The van der Waals surface area contributed by atoms with Crippen LogP contribution in [0.1, 0.15) is 51.0 Å². The van der Waals surface area contributed by atoms with E-state index in [1.54, 1.807) is 0 Å². The molecule has 1 aliphatic carbocycles. The summed E-state index contributed by atoms with van der Waals surface area (Å²) in [5, 5.41) is 0. The number of halogens is 5. The third-order valence-electron chi connectivity index (χ3n) is 4.89. The molecule has 0 aromatic heterocycles. The third-order valence-corrected chi connectivity index (χ3v) is 5.94. The van der Waals surface area contributed by atoms with Gasteiger partial charge in [-0.15, -0.1) is 0 Å². The maximum absolute atomic E-state index is 13.8. The average Bonchev–Trinajstić information content (AvgIpc) is 2.52. The van der Waals surface area contributed by atoms with E-state index < -0.39 is 40.6 Å². The van der Waals surface area contributed by atoms with Crippen LogP contribution in [0.2, 0.25) is 0 Å². The molecule has 0 atom stereocenters. The topological polar surface area (TPSA) is 9.23 Å². The lowest BCUT2D eigenvalue weighted by Gasteiger charge is -2.39. The predicted molar refractivity (Wildman–Crippen MR) is 76.0 cm³/mol. The fourth-order valence-electron chi connectivity index (χ4n) is 3.22. The number of hydrogen-bond donors (Lipinski definition) is 0. The van der Waals surface area contributed by atoms with Crippen LogP contribution in [0, 0.1) is 35.0 Å². The second-order valence-corrected chi connectivity index (χ2v) is 6.75. The van der Waals surface area contributed by atoms with E-state index in [9.17, 15) is 22.0 Å². The minimum atomic E-state index is -2.10. The molecule has 0 radical (unpaired) electrons. The van der Waals surface area contributed by atoms with Crippen LogP contribution in [-0.2, 0) is 4.43 Å². The number of benzene rings is 1. The Morgan fingerprint density at radius 1 is 0.818 bits per heavy atom. The zero-order valence-electron chi connectivity index (χ0n) is 12.8. The molecule has 1 aromatic carbocycles. The molecule has 0 heterocycles. The lowest BCUT2D eigenvalue weighted by atomic mass is 9.73. The fourth-order valence-corrected chi connectivity index (χ4v) is 3.56. The summed E-state index contributed by atoms with van der Waals surface area (Å²) in [4.78, 5) is 0. The van der Waals surface area contributed by atoms with Crippen molar-refractivity contribution in [2.75, 3.05) is 0 Å². The van der Waals surface area contributed by atoms with Gasteiger partial charge in [0, 0.05) is 5.56 Å². The molecule has 22 heavy (non-hydrogen) atoms. The first-order valence-corrected chi connectivity index (χ1v) is 8.08. The zero-order valence-corrected chi connectivity index (χ0v) is 14.8. The van der Waals surface area contributed by atoms with Gasteiger partial charge in [-0.2, -0.15) is 0 Å². The van der Waals surface area contributed by atoms with Gasteiger partial charge in [0.15, 0.2) is 23.3 Å². The Hall–Kier alpha value is -0.953. The molecule has 0 spiro atoms. The summed E-state index contributed by atoms with van der Waals surface area (Å²) in [5.41, 5.74) is -0.979. The first-order valence-electron chi connectivity index (χ1n) is 7.27. The van der Waals surface area contributed by atoms with Gasteiger partial charge in [-0.05, 0) is 51.4 Å². The van der Waals surface area contributed by atoms with E-state index in [1.165, 1.54) is 0 Å². The van der Waals surface area contributed by atoms with Crippen molar-refractivity contribution in [3.05, 3.63) is 34.6 Å². The van der Waals surface area contributed by atoms with E-state index in [0.29, 0.717) is 36.2 Å². The average molecular weight is 338 g/mol. The molecule has 0 bridgehead atoms. The van der Waals surface area contributed by atoms with E-state index >= 15 is 0 Å². The second-order valence-electron chi connectivity index (χ2n) is 6.34. The standard InChI is InChI=1S/C15H19F5OSi/c1-15(2,21-22)8-5-3-7(4-6-8)9-10(16)12(18)14(20)13(19)11(9)17/h7-8H,3-6H2,1-2,22H3. The van der Waals surface area contributed by atoms with E-state index in [1.807, 2.05) is 13.8 Å². The van der Waals surface area contributed by atoms with Crippen molar-refractivity contribution in [2.45, 2.75) is 51.0 Å². The van der Waals surface area contributed by atoms with Crippen LogP contribution in [-0.4, -0.2) is 16.1 Å². The highest BCUT2D eigenvalue weighted by atomic mass is 28.2. The van der Waals surface area contributed by atoms with Crippen molar-refractivity contribution in [3.63, 3.8) is 0 Å². The van der Waals surface area contributed by atoms with Gasteiger partial charge in [0.2, 0.25) is 5.82 Å². The van der Waals surface area contributed by atoms with Gasteiger partial charge >= 0.3 is 0 Å². The molecule has 124 valence electrons. The minimum Gasteiger partial charge on any atom is -0.423 e. The maximum Gasteiger partial charge on any atom is 0.200 e. The molecule has 0 amide bonds. The number of hydrogen-bond acceptors (Lipinski definition) is 1. The summed E-state index contributed by atoms with van der Waals surface area (Å²) >= 11 is 0. The highest BCUT2D eigenvalue weighted by molar-refractivity contribution is 5.98. The molecule has 0 saturated heterocycles. The molecular formula is C15H19F5OSi. The highest BCUT2D eigenvalue weighted by Crippen LogP contribution is 2.43. The quantitative estimate of drug-likeness (QED) is 0.353. The molecule has 1 saturated carbocycles. The summed E-state index contributed by atoms with van der Waals surface area (Å²) in [6.45, 7) is 3.92. The van der Waals surface area contributed by atoms with Gasteiger partial charge in [0.25, 0.3) is 0 Å². The van der Waals surface area contributed by atoms with E-state index in [0.717, 1.165) is 0 Å². The van der Waals surface area contributed by atoms with Crippen LogP contribution >= 0.6 is 0 Å². The smallest absolute Gasteiger partial charge is 0.200 e. The van der Waals surface area contributed by atoms with Crippen LogP contribution in [0.4, 0.5) is 22.0 Å². The SMILES string of the molecule is CC(C)(O[SiH3])C1CCC(c2c(F)c(F)c(F)c(F)c2F)CC1. The normalized spacial score (nSPS) is 23.0. The summed E-state index contributed by atoms with van der Waals surface area (Å²) < 4.78 is 72.9. The van der Waals surface area contributed by atoms with Crippen LogP contribution in [0.3, 0.4) is 0 Å². The summed E-state index contributed by atoms with van der Waals surface area (Å²) in [6, 6.07) is 0. The van der Waals surface area contributed by atoms with Crippen LogP contribution < -0.4 is 0 Å². The Morgan fingerprint density at radius 3 is 1.64 bits per heavy atom. The second kappa shape index (κ2) is 6.27. The summed E-state index contributed by atoms with van der Waals surface area (Å²) in [7, 11) is 0.584. The lowest BCUT2D eigenvalue weighted by molar-refractivity contribution is 0.0297. The largest absolute Gasteiger partial charge is 0.423 e. The monoisotopic (exact) mass is 338 g/mol. The van der Waals surface area contributed by atoms with Crippen molar-refractivity contribution < 1.29 is 26.4 Å². The number of rotatable bonds is 3. The molecule has 0 aliphatic heterocycles. The Bertz CT molecular complexity index is 539. The molecule has 1 aliphatic rings. The van der Waals surface area contributed by atoms with Crippen molar-refractivity contribution in [1.29, 1.82) is 0 Å². The molecule has 1 nitrogen and oxygen atoms in total. The van der Waals surface area contributed by atoms with Gasteiger partial charge in [-0.1, -0.05) is 0 Å². The Morgan fingerprint density at radius 2 is 1.23 bits per heavy atom. The van der Waals surface area contributed by atoms with Gasteiger partial charge in [-0.3, -0.25) is 0 Å².